The first-order valence-corrected chi connectivity index (χ1v) is 6.53. The Morgan fingerprint density at radius 2 is 2.44 bits per heavy atom. The summed E-state index contributed by atoms with van der Waals surface area (Å²) < 4.78 is 0. The van der Waals surface area contributed by atoms with Gasteiger partial charge in [0.2, 0.25) is 5.91 Å². The van der Waals surface area contributed by atoms with Gasteiger partial charge in [-0.3, -0.25) is 4.79 Å². The third-order valence-electron chi connectivity index (χ3n) is 2.68. The third-order valence-corrected chi connectivity index (χ3v) is 3.84. The van der Waals surface area contributed by atoms with Crippen molar-refractivity contribution in [1.82, 2.24) is 0 Å². The molecule has 4 heteroatoms. The molecule has 0 spiro atoms. The minimum Gasteiger partial charge on any atom is -0.392 e. The summed E-state index contributed by atoms with van der Waals surface area (Å²) in [6.07, 6.45) is 0.968. The molecule has 1 aromatic carbocycles. The molecule has 0 aliphatic carbocycles. The van der Waals surface area contributed by atoms with Crippen molar-refractivity contribution in [3.05, 3.63) is 29.8 Å². The fourth-order valence-electron chi connectivity index (χ4n) is 1.73. The average Bonchev–Trinajstić information content (AvgIpc) is 2.83. The summed E-state index contributed by atoms with van der Waals surface area (Å²) in [4.78, 5) is 11.8. The quantitative estimate of drug-likeness (QED) is 0.843. The van der Waals surface area contributed by atoms with Crippen molar-refractivity contribution in [2.45, 2.75) is 13.0 Å². The van der Waals surface area contributed by atoms with E-state index in [4.69, 9.17) is 5.11 Å². The van der Waals surface area contributed by atoms with E-state index in [0.29, 0.717) is 0 Å². The van der Waals surface area contributed by atoms with E-state index in [1.807, 2.05) is 30.0 Å². The van der Waals surface area contributed by atoms with E-state index in [1.165, 1.54) is 0 Å². The van der Waals surface area contributed by atoms with Gasteiger partial charge in [-0.2, -0.15) is 11.8 Å². The van der Waals surface area contributed by atoms with Gasteiger partial charge in [0.1, 0.15) is 0 Å². The lowest BCUT2D eigenvalue weighted by molar-refractivity contribution is -0.119. The largest absolute Gasteiger partial charge is 0.392 e. The summed E-state index contributed by atoms with van der Waals surface area (Å²) in [7, 11) is 0. The highest BCUT2D eigenvalue weighted by Gasteiger charge is 2.22. The van der Waals surface area contributed by atoms with Gasteiger partial charge in [0.05, 0.1) is 6.61 Å². The molecule has 1 aliphatic heterocycles. The summed E-state index contributed by atoms with van der Waals surface area (Å²) in [5.74, 6) is 2.24. The fourth-order valence-corrected chi connectivity index (χ4v) is 2.95. The molecular formula is C12H15NO2S. The molecule has 1 aromatic rings. The van der Waals surface area contributed by atoms with Crippen LogP contribution in [0.5, 0.6) is 0 Å². The number of benzene rings is 1. The molecule has 86 valence electrons. The third kappa shape index (κ3) is 2.77. The Balaban J connectivity index is 1.99. The average molecular weight is 237 g/mol. The maximum absolute atomic E-state index is 11.8. The minimum absolute atomic E-state index is 0.00297. The number of aliphatic hydroxyl groups excluding tert-OH is 1. The van der Waals surface area contributed by atoms with Gasteiger partial charge in [-0.1, -0.05) is 12.1 Å². The molecule has 0 bridgehead atoms. The molecule has 1 amide bonds. The van der Waals surface area contributed by atoms with Gasteiger partial charge in [-0.15, -0.1) is 0 Å². The highest BCUT2D eigenvalue weighted by molar-refractivity contribution is 7.99. The van der Waals surface area contributed by atoms with Crippen molar-refractivity contribution in [2.24, 2.45) is 5.92 Å². The van der Waals surface area contributed by atoms with Gasteiger partial charge in [-0.05, 0) is 29.9 Å². The zero-order valence-corrected chi connectivity index (χ0v) is 9.80. The van der Waals surface area contributed by atoms with Gasteiger partial charge in [0.25, 0.3) is 0 Å². The molecule has 1 unspecified atom stereocenters. The molecule has 1 fully saturated rings. The Labute approximate surface area is 99.2 Å². The summed E-state index contributed by atoms with van der Waals surface area (Å²) >= 11 is 1.83. The Bertz CT molecular complexity index is 375. The van der Waals surface area contributed by atoms with E-state index in [2.05, 4.69) is 5.32 Å². The van der Waals surface area contributed by atoms with Crippen LogP contribution >= 0.6 is 11.8 Å². The maximum atomic E-state index is 11.8. The highest BCUT2D eigenvalue weighted by Crippen LogP contribution is 2.24. The van der Waals surface area contributed by atoms with E-state index in [1.54, 1.807) is 6.07 Å². The number of amides is 1. The van der Waals surface area contributed by atoms with E-state index in [0.717, 1.165) is 29.2 Å². The molecule has 1 aliphatic rings. The van der Waals surface area contributed by atoms with E-state index >= 15 is 0 Å². The molecule has 1 atom stereocenters. The van der Waals surface area contributed by atoms with Crippen LogP contribution in [0.4, 0.5) is 5.69 Å². The Morgan fingerprint density at radius 1 is 1.56 bits per heavy atom. The standard InChI is InChI=1S/C12H15NO2S/c14-7-9-2-1-3-11(6-9)13-12(15)10-4-5-16-8-10/h1-3,6,10,14H,4-5,7-8H2,(H,13,15). The van der Waals surface area contributed by atoms with Crippen LogP contribution in [0.15, 0.2) is 24.3 Å². The molecule has 0 saturated carbocycles. The van der Waals surface area contributed by atoms with Crippen LogP contribution in [-0.4, -0.2) is 22.5 Å². The van der Waals surface area contributed by atoms with Crippen LogP contribution < -0.4 is 5.32 Å². The molecule has 2 rings (SSSR count). The zero-order chi connectivity index (χ0) is 11.4. The van der Waals surface area contributed by atoms with Crippen molar-refractivity contribution in [1.29, 1.82) is 0 Å². The fraction of sp³-hybridized carbons (Fsp3) is 0.417. The first kappa shape index (κ1) is 11.5. The lowest BCUT2D eigenvalue weighted by Gasteiger charge is -2.10. The summed E-state index contributed by atoms with van der Waals surface area (Å²) in [5, 5.41) is 11.9. The van der Waals surface area contributed by atoms with Gasteiger partial charge >= 0.3 is 0 Å². The number of carbonyl (C=O) groups is 1. The smallest absolute Gasteiger partial charge is 0.228 e. The van der Waals surface area contributed by atoms with Crippen LogP contribution in [0.2, 0.25) is 0 Å². The number of rotatable bonds is 3. The van der Waals surface area contributed by atoms with Gasteiger partial charge < -0.3 is 10.4 Å². The summed E-state index contributed by atoms with van der Waals surface area (Å²) in [5.41, 5.74) is 1.59. The lowest BCUT2D eigenvalue weighted by atomic mass is 10.1. The summed E-state index contributed by atoms with van der Waals surface area (Å²) in [6, 6.07) is 7.32. The predicted octanol–water partition coefficient (Wildman–Crippen LogP) is 1.87. The Hall–Kier alpha value is -1.00. The molecule has 0 aromatic heterocycles. The summed E-state index contributed by atoms with van der Waals surface area (Å²) in [6.45, 7) is 0.00297. The second kappa shape index (κ2) is 5.37. The number of thioether (sulfide) groups is 1. The number of aliphatic hydroxyl groups is 1. The number of carbonyl (C=O) groups excluding carboxylic acids is 1. The Morgan fingerprint density at radius 3 is 3.12 bits per heavy atom. The van der Waals surface area contributed by atoms with Crippen molar-refractivity contribution < 1.29 is 9.90 Å². The second-order valence-corrected chi connectivity index (χ2v) is 5.06. The van der Waals surface area contributed by atoms with Crippen LogP contribution in [0.25, 0.3) is 0 Å². The number of anilines is 1. The molecule has 3 nitrogen and oxygen atoms in total. The monoisotopic (exact) mass is 237 g/mol. The van der Waals surface area contributed by atoms with Gasteiger partial charge in [-0.25, -0.2) is 0 Å². The van der Waals surface area contributed by atoms with Crippen molar-refractivity contribution in [2.75, 3.05) is 16.8 Å². The van der Waals surface area contributed by atoms with Crippen molar-refractivity contribution in [3.63, 3.8) is 0 Å². The molecule has 16 heavy (non-hydrogen) atoms. The number of hydrogen-bond donors (Lipinski definition) is 2. The van der Waals surface area contributed by atoms with Crippen molar-refractivity contribution >= 4 is 23.4 Å². The van der Waals surface area contributed by atoms with Gasteiger partial charge in [0, 0.05) is 17.4 Å². The molecular weight excluding hydrogens is 222 g/mol. The molecule has 2 N–H and O–H groups in total. The second-order valence-electron chi connectivity index (χ2n) is 3.91. The number of nitrogens with one attached hydrogen (secondary N) is 1. The minimum atomic E-state index is 0.00297. The SMILES string of the molecule is O=C(Nc1cccc(CO)c1)C1CCSC1. The molecule has 1 heterocycles. The number of hydrogen-bond acceptors (Lipinski definition) is 3. The Kier molecular flexibility index (Phi) is 3.85. The van der Waals surface area contributed by atoms with E-state index in [-0.39, 0.29) is 18.4 Å². The predicted molar refractivity (Wildman–Crippen MR) is 66.4 cm³/mol. The maximum Gasteiger partial charge on any atom is 0.228 e. The highest BCUT2D eigenvalue weighted by atomic mass is 32.2. The first-order chi connectivity index (χ1) is 7.79. The van der Waals surface area contributed by atoms with Crippen LogP contribution in [-0.2, 0) is 11.4 Å². The molecule has 0 radical (unpaired) electrons. The first-order valence-electron chi connectivity index (χ1n) is 5.38. The van der Waals surface area contributed by atoms with Crippen LogP contribution in [0.3, 0.4) is 0 Å². The normalized spacial score (nSPS) is 19.7. The van der Waals surface area contributed by atoms with E-state index < -0.39 is 0 Å². The van der Waals surface area contributed by atoms with Crippen LogP contribution in [0.1, 0.15) is 12.0 Å². The van der Waals surface area contributed by atoms with Crippen LogP contribution in [0, 0.1) is 5.92 Å². The lowest BCUT2D eigenvalue weighted by Crippen LogP contribution is -2.22. The topological polar surface area (TPSA) is 49.3 Å². The van der Waals surface area contributed by atoms with E-state index in [9.17, 15) is 4.79 Å². The zero-order valence-electron chi connectivity index (χ0n) is 8.98. The van der Waals surface area contributed by atoms with Crippen molar-refractivity contribution in [3.8, 4) is 0 Å². The molecule has 1 saturated heterocycles. The van der Waals surface area contributed by atoms with Gasteiger partial charge in [0.15, 0.2) is 0 Å².